The highest BCUT2D eigenvalue weighted by Gasteiger charge is 2.46. The van der Waals surface area contributed by atoms with Crippen molar-refractivity contribution in [3.8, 4) is 17.9 Å². The van der Waals surface area contributed by atoms with E-state index in [-0.39, 0.29) is 31.6 Å². The Labute approximate surface area is 381 Å². The SMILES string of the molecule is CCCCCCCCCCCCCCCCCCC[C@H](COP(=O)(O)OC[C@@](C#N)(OC)[C@H](Cc1ccc2c(N)ncnn12)OC(C)(O)S)OCc1ccc(C#N)c(OC(C)C)c1. The molecular weight excluding hydrogens is 844 g/mol. The number of benzene rings is 1. The number of hydrogen-bond acceptors (Lipinski definition) is 14. The average molecular weight is 917 g/mol. The molecule has 1 aromatic carbocycles. The molecule has 3 aromatic rings. The van der Waals surface area contributed by atoms with Gasteiger partial charge < -0.3 is 34.7 Å². The maximum Gasteiger partial charge on any atom is 0.472 e. The van der Waals surface area contributed by atoms with Crippen molar-refractivity contribution in [3.63, 3.8) is 0 Å². The van der Waals surface area contributed by atoms with Crippen LogP contribution in [0.3, 0.4) is 0 Å². The van der Waals surface area contributed by atoms with Crippen molar-refractivity contribution in [2.75, 3.05) is 26.1 Å². The summed E-state index contributed by atoms with van der Waals surface area (Å²) in [6, 6.07) is 12.8. The number of nitrogen functional groups attached to an aromatic ring is 1. The maximum absolute atomic E-state index is 13.5. The van der Waals surface area contributed by atoms with Crippen LogP contribution in [0.15, 0.2) is 36.7 Å². The summed E-state index contributed by atoms with van der Waals surface area (Å²) < 4.78 is 49.4. The van der Waals surface area contributed by atoms with Gasteiger partial charge in [0.25, 0.3) is 0 Å². The summed E-state index contributed by atoms with van der Waals surface area (Å²) in [5.41, 5.74) is 6.15. The van der Waals surface area contributed by atoms with Gasteiger partial charge in [-0.25, -0.2) is 14.1 Å². The molecule has 0 bridgehead atoms. The lowest BCUT2D eigenvalue weighted by atomic mass is 9.95. The van der Waals surface area contributed by atoms with E-state index in [1.54, 1.807) is 30.3 Å². The van der Waals surface area contributed by atoms with Crippen LogP contribution in [0.25, 0.3) is 5.52 Å². The molecule has 3 rings (SSSR count). The van der Waals surface area contributed by atoms with Gasteiger partial charge in [0.15, 0.2) is 5.82 Å². The third-order valence-corrected chi connectivity index (χ3v) is 11.9. The molecule has 0 amide bonds. The third kappa shape index (κ3) is 20.2. The number of phosphoric acid groups is 1. The van der Waals surface area contributed by atoms with Gasteiger partial charge in [0.1, 0.15) is 42.4 Å². The molecule has 0 aliphatic rings. The molecule has 2 aromatic heterocycles. The van der Waals surface area contributed by atoms with Crippen molar-refractivity contribution >= 4 is 31.8 Å². The molecule has 0 saturated carbocycles. The number of anilines is 1. The van der Waals surface area contributed by atoms with Gasteiger partial charge in [-0.2, -0.15) is 15.6 Å². The zero-order chi connectivity index (χ0) is 46.1. The van der Waals surface area contributed by atoms with Crippen LogP contribution >= 0.6 is 20.5 Å². The van der Waals surface area contributed by atoms with Crippen molar-refractivity contribution in [2.45, 2.75) is 185 Å². The van der Waals surface area contributed by atoms with Crippen LogP contribution in [0, 0.1) is 22.7 Å². The van der Waals surface area contributed by atoms with Gasteiger partial charge >= 0.3 is 7.82 Å². The predicted molar refractivity (Wildman–Crippen MR) is 247 cm³/mol. The van der Waals surface area contributed by atoms with E-state index in [0.29, 0.717) is 28.9 Å². The standard InChI is InChI=1S/C46H73N6O9PS/c1-6-7-8-9-10-11-12-13-14-15-16-17-18-19-20-21-22-23-40(57-31-37-24-25-38(30-47)42(28-37)60-36(2)3)32-58-62(54,55)59-34-46(33-48,56-5)43(61-45(4,53)63)29-39-26-27-41-44(49)50-35-51-52(39)41/h24-28,35-36,40,43,53,63H,6-23,29,31-32,34H2,1-5H3,(H,54,55)(H2,49,50,51)/t40-,43+,45?,46-/m1/s1. The number of thiol groups is 1. The first kappa shape index (κ1) is 54.1. The predicted octanol–water partition coefficient (Wildman–Crippen LogP) is 10.2. The molecule has 17 heteroatoms. The van der Waals surface area contributed by atoms with E-state index in [1.807, 2.05) is 19.9 Å². The molecule has 5 atom stereocenters. The summed E-state index contributed by atoms with van der Waals surface area (Å²) in [4.78, 5) is 14.9. The summed E-state index contributed by atoms with van der Waals surface area (Å²) in [6.07, 6.45) is 21.0. The van der Waals surface area contributed by atoms with E-state index in [0.717, 1.165) is 31.2 Å². The fourth-order valence-corrected chi connectivity index (χ4v) is 8.29. The molecule has 2 heterocycles. The lowest BCUT2D eigenvalue weighted by molar-refractivity contribution is -0.205. The summed E-state index contributed by atoms with van der Waals surface area (Å²) in [5, 5.41) is 32.8. The zero-order valence-electron chi connectivity index (χ0n) is 38.2. The highest BCUT2D eigenvalue weighted by molar-refractivity contribution is 7.81. The minimum absolute atomic E-state index is 0.0861. The number of ether oxygens (including phenoxy) is 4. The monoisotopic (exact) mass is 916 g/mol. The summed E-state index contributed by atoms with van der Waals surface area (Å²) in [7, 11) is -3.61. The molecule has 0 aliphatic heterocycles. The number of aromatic nitrogens is 3. The molecule has 0 fully saturated rings. The molecule has 2 unspecified atom stereocenters. The molecule has 63 heavy (non-hydrogen) atoms. The topological polar surface area (TPSA) is 217 Å². The Morgan fingerprint density at radius 3 is 2.06 bits per heavy atom. The van der Waals surface area contributed by atoms with Gasteiger partial charge in [0, 0.05) is 19.2 Å². The Balaban J connectivity index is 1.58. The van der Waals surface area contributed by atoms with Gasteiger partial charge in [-0.15, -0.1) is 12.6 Å². The van der Waals surface area contributed by atoms with Crippen molar-refractivity contribution < 1.29 is 42.6 Å². The second kappa shape index (κ2) is 28.6. The maximum atomic E-state index is 13.5. The molecule has 0 saturated heterocycles. The minimum Gasteiger partial charge on any atom is -0.490 e. The number of nitriles is 2. The fourth-order valence-electron chi connectivity index (χ4n) is 7.37. The Morgan fingerprint density at radius 2 is 1.52 bits per heavy atom. The van der Waals surface area contributed by atoms with Gasteiger partial charge in [-0.05, 0) is 57.0 Å². The molecule has 0 spiro atoms. The van der Waals surface area contributed by atoms with Crippen LogP contribution in [-0.2, 0) is 40.9 Å². The number of hydrogen-bond donors (Lipinski definition) is 4. The smallest absolute Gasteiger partial charge is 0.472 e. The molecule has 4 N–H and O–H groups in total. The van der Waals surface area contributed by atoms with Crippen LogP contribution in [0.2, 0.25) is 0 Å². The van der Waals surface area contributed by atoms with Gasteiger partial charge in [0.2, 0.25) is 10.7 Å². The summed E-state index contributed by atoms with van der Waals surface area (Å²) in [6.45, 7) is 6.35. The zero-order valence-corrected chi connectivity index (χ0v) is 40.0. The molecule has 352 valence electrons. The number of rotatable bonds is 35. The van der Waals surface area contributed by atoms with E-state index < -0.39 is 37.4 Å². The molecular formula is C46H73N6O9PS. The van der Waals surface area contributed by atoms with Gasteiger partial charge in [-0.3, -0.25) is 9.05 Å². The van der Waals surface area contributed by atoms with Crippen molar-refractivity contribution in [1.82, 2.24) is 14.6 Å². The number of unbranched alkanes of at least 4 members (excludes halogenated alkanes) is 16. The van der Waals surface area contributed by atoms with Crippen LogP contribution in [-0.4, -0.2) is 74.0 Å². The Kier molecular flexibility index (Phi) is 24.5. The molecule has 15 nitrogen and oxygen atoms in total. The lowest BCUT2D eigenvalue weighted by Gasteiger charge is -2.36. The molecule has 0 aliphatic carbocycles. The number of nitrogens with two attached hydrogens (primary N) is 1. The highest BCUT2D eigenvalue weighted by Crippen LogP contribution is 2.45. The number of nitrogens with zero attached hydrogens (tertiary/aromatic N) is 5. The van der Waals surface area contributed by atoms with Crippen molar-refractivity contribution in [2.24, 2.45) is 0 Å². The second-order valence-electron chi connectivity index (χ2n) is 16.7. The second-order valence-corrected chi connectivity index (χ2v) is 19.0. The first-order valence-electron chi connectivity index (χ1n) is 22.7. The number of fused-ring (bicyclic) bond motifs is 1. The normalized spacial score (nSPS) is 15.6. The number of methoxy groups -OCH3 is 1. The van der Waals surface area contributed by atoms with Gasteiger partial charge in [0.05, 0.1) is 31.0 Å². The number of phosphoric ester groups is 1. The first-order chi connectivity index (χ1) is 30.2. The van der Waals surface area contributed by atoms with Crippen LogP contribution in [0.1, 0.15) is 160 Å². The molecule has 0 radical (unpaired) electrons. The summed E-state index contributed by atoms with van der Waals surface area (Å²) in [5.74, 6) is 0.676. The minimum atomic E-state index is -4.83. The Morgan fingerprint density at radius 1 is 0.921 bits per heavy atom. The quantitative estimate of drug-likeness (QED) is 0.0187. The lowest BCUT2D eigenvalue weighted by Crippen LogP contribution is -2.52. The van der Waals surface area contributed by atoms with Crippen LogP contribution in [0.4, 0.5) is 5.82 Å². The third-order valence-electron chi connectivity index (χ3n) is 10.9. The summed E-state index contributed by atoms with van der Waals surface area (Å²) >= 11 is 4.10. The average Bonchev–Trinajstić information content (AvgIpc) is 3.66. The largest absolute Gasteiger partial charge is 0.490 e. The first-order valence-corrected chi connectivity index (χ1v) is 24.7. The van der Waals surface area contributed by atoms with E-state index >= 15 is 0 Å². The van der Waals surface area contributed by atoms with Crippen molar-refractivity contribution in [1.29, 1.82) is 10.5 Å². The van der Waals surface area contributed by atoms with Crippen LogP contribution < -0.4 is 10.5 Å². The van der Waals surface area contributed by atoms with E-state index in [4.69, 9.17) is 33.7 Å². The van der Waals surface area contributed by atoms with Gasteiger partial charge in [-0.1, -0.05) is 122 Å². The van der Waals surface area contributed by atoms with E-state index in [2.05, 4.69) is 35.7 Å². The number of aliphatic hydroxyl groups is 1. The van der Waals surface area contributed by atoms with E-state index in [1.165, 1.54) is 108 Å². The van der Waals surface area contributed by atoms with Crippen molar-refractivity contribution in [3.05, 3.63) is 53.5 Å². The Hall–Kier alpha value is -3.28. The van der Waals surface area contributed by atoms with E-state index in [9.17, 15) is 25.1 Å². The van der Waals surface area contributed by atoms with Crippen LogP contribution in [0.5, 0.6) is 5.75 Å². The highest BCUT2D eigenvalue weighted by atomic mass is 32.1. The Bertz CT molecular complexity index is 1900. The fraction of sp³-hybridized carbons (Fsp3) is 0.696.